The predicted molar refractivity (Wildman–Crippen MR) is 123 cm³/mol. The molecule has 0 radical (unpaired) electrons. The standard InChI is InChI=1S/C23H30N6/c1-8-17(9-2)14-25-20-13-19(18-11-10-12-24-23(18)28(6)7)26-21-16(5)27-29(15(3)4)22(20)21/h8-13,15H,1,14H2,2-7H3,(H,25,26)/b17-9+. The lowest BCUT2D eigenvalue weighted by Gasteiger charge is -2.17. The molecule has 0 amide bonds. The minimum atomic E-state index is 0.232. The Morgan fingerprint density at radius 1 is 1.34 bits per heavy atom. The van der Waals surface area contributed by atoms with Gasteiger partial charge in [-0.2, -0.15) is 5.10 Å². The van der Waals surface area contributed by atoms with Gasteiger partial charge >= 0.3 is 0 Å². The zero-order chi connectivity index (χ0) is 21.1. The van der Waals surface area contributed by atoms with E-state index in [0.29, 0.717) is 6.54 Å². The first-order valence-electron chi connectivity index (χ1n) is 9.91. The molecule has 3 aromatic heterocycles. The molecule has 0 aliphatic carbocycles. The molecule has 0 saturated carbocycles. The molecule has 0 atom stereocenters. The first-order valence-corrected chi connectivity index (χ1v) is 9.91. The van der Waals surface area contributed by atoms with E-state index in [9.17, 15) is 0 Å². The summed E-state index contributed by atoms with van der Waals surface area (Å²) in [5.41, 5.74) is 6.87. The summed E-state index contributed by atoms with van der Waals surface area (Å²) in [6.45, 7) is 12.9. The maximum absolute atomic E-state index is 4.99. The number of nitrogens with zero attached hydrogens (tertiary/aromatic N) is 5. The van der Waals surface area contributed by atoms with Crippen LogP contribution in [0.1, 0.15) is 32.5 Å². The minimum Gasteiger partial charge on any atom is -0.379 e. The molecule has 29 heavy (non-hydrogen) atoms. The van der Waals surface area contributed by atoms with Crippen LogP contribution in [0.4, 0.5) is 11.5 Å². The Labute approximate surface area is 173 Å². The van der Waals surface area contributed by atoms with Crippen molar-refractivity contribution in [3.63, 3.8) is 0 Å². The zero-order valence-corrected chi connectivity index (χ0v) is 18.2. The molecule has 0 fully saturated rings. The maximum atomic E-state index is 4.99. The fourth-order valence-corrected chi connectivity index (χ4v) is 3.37. The van der Waals surface area contributed by atoms with E-state index in [2.05, 4.69) is 48.9 Å². The van der Waals surface area contributed by atoms with Gasteiger partial charge < -0.3 is 10.2 Å². The normalized spacial score (nSPS) is 11.9. The van der Waals surface area contributed by atoms with E-state index in [0.717, 1.165) is 45.1 Å². The Hall–Kier alpha value is -3.15. The van der Waals surface area contributed by atoms with Crippen molar-refractivity contribution in [2.45, 2.75) is 33.7 Å². The number of allylic oxidation sites excluding steroid dienone is 1. The molecule has 6 heteroatoms. The Morgan fingerprint density at radius 2 is 2.10 bits per heavy atom. The highest BCUT2D eigenvalue weighted by atomic mass is 15.3. The highest BCUT2D eigenvalue weighted by Crippen LogP contribution is 2.34. The second-order valence-corrected chi connectivity index (χ2v) is 7.57. The van der Waals surface area contributed by atoms with Crippen molar-refractivity contribution in [2.24, 2.45) is 0 Å². The smallest absolute Gasteiger partial charge is 0.137 e. The van der Waals surface area contributed by atoms with Crippen LogP contribution in [0.2, 0.25) is 0 Å². The molecule has 152 valence electrons. The van der Waals surface area contributed by atoms with Gasteiger partial charge in [0.1, 0.15) is 16.9 Å². The molecular weight excluding hydrogens is 360 g/mol. The third kappa shape index (κ3) is 4.01. The second kappa shape index (κ2) is 8.47. The van der Waals surface area contributed by atoms with Crippen LogP contribution in [0.3, 0.4) is 0 Å². The topological polar surface area (TPSA) is 58.9 Å². The number of nitrogens with one attached hydrogen (secondary N) is 1. The Kier molecular flexibility index (Phi) is 6.01. The molecule has 0 bridgehead atoms. The van der Waals surface area contributed by atoms with Crippen molar-refractivity contribution in [1.82, 2.24) is 19.7 Å². The van der Waals surface area contributed by atoms with E-state index < -0.39 is 0 Å². The summed E-state index contributed by atoms with van der Waals surface area (Å²) in [7, 11) is 3.99. The molecule has 3 aromatic rings. The lowest BCUT2D eigenvalue weighted by Crippen LogP contribution is -2.12. The number of aromatic nitrogens is 4. The van der Waals surface area contributed by atoms with Gasteiger partial charge in [-0.1, -0.05) is 18.7 Å². The van der Waals surface area contributed by atoms with Gasteiger partial charge in [0.05, 0.1) is 17.1 Å². The average Bonchev–Trinajstić information content (AvgIpc) is 3.05. The Morgan fingerprint density at radius 3 is 2.72 bits per heavy atom. The predicted octanol–water partition coefficient (Wildman–Crippen LogP) is 4.99. The van der Waals surface area contributed by atoms with E-state index in [4.69, 9.17) is 10.1 Å². The number of anilines is 2. The molecule has 0 saturated heterocycles. The molecule has 0 aliphatic heterocycles. The molecule has 0 unspecified atom stereocenters. The third-order valence-electron chi connectivity index (χ3n) is 4.91. The quantitative estimate of drug-likeness (QED) is 0.576. The van der Waals surface area contributed by atoms with Crippen molar-refractivity contribution >= 4 is 22.5 Å². The number of hydrogen-bond acceptors (Lipinski definition) is 5. The van der Waals surface area contributed by atoms with Crippen molar-refractivity contribution < 1.29 is 0 Å². The van der Waals surface area contributed by atoms with Crippen LogP contribution in [0, 0.1) is 6.92 Å². The van der Waals surface area contributed by atoms with E-state index in [1.54, 1.807) is 6.20 Å². The number of rotatable bonds is 7. The van der Waals surface area contributed by atoms with Gasteiger partial charge in [0.15, 0.2) is 0 Å². The van der Waals surface area contributed by atoms with Gasteiger partial charge in [0.2, 0.25) is 0 Å². The van der Waals surface area contributed by atoms with E-state index in [1.165, 1.54) is 0 Å². The highest BCUT2D eigenvalue weighted by Gasteiger charge is 2.19. The van der Waals surface area contributed by atoms with E-state index in [1.807, 2.05) is 49.7 Å². The van der Waals surface area contributed by atoms with Gasteiger partial charge in [0, 0.05) is 38.4 Å². The monoisotopic (exact) mass is 390 g/mol. The minimum absolute atomic E-state index is 0.232. The zero-order valence-electron chi connectivity index (χ0n) is 18.2. The Balaban J connectivity index is 2.24. The number of pyridine rings is 2. The summed E-state index contributed by atoms with van der Waals surface area (Å²) in [5, 5.41) is 8.35. The van der Waals surface area contributed by atoms with Crippen molar-refractivity contribution in [2.75, 3.05) is 30.9 Å². The van der Waals surface area contributed by atoms with Gasteiger partial charge in [0.25, 0.3) is 0 Å². The van der Waals surface area contributed by atoms with Crippen molar-refractivity contribution in [1.29, 1.82) is 0 Å². The van der Waals surface area contributed by atoms with Gasteiger partial charge in [-0.25, -0.2) is 9.97 Å². The lowest BCUT2D eigenvalue weighted by molar-refractivity contribution is 0.547. The lowest BCUT2D eigenvalue weighted by atomic mass is 10.1. The van der Waals surface area contributed by atoms with Crippen LogP contribution >= 0.6 is 0 Å². The number of aryl methyl sites for hydroxylation is 1. The second-order valence-electron chi connectivity index (χ2n) is 7.57. The summed E-state index contributed by atoms with van der Waals surface area (Å²) in [6, 6.07) is 6.34. The molecule has 6 nitrogen and oxygen atoms in total. The Bertz CT molecular complexity index is 1060. The van der Waals surface area contributed by atoms with Crippen LogP contribution in [0.15, 0.2) is 48.7 Å². The largest absolute Gasteiger partial charge is 0.379 e. The fraction of sp³-hybridized carbons (Fsp3) is 0.348. The SMILES string of the molecule is C=C/C(=C\C)CNc1cc(-c2cccnc2N(C)C)nc2c(C)nn(C(C)C)c12. The third-order valence-corrected chi connectivity index (χ3v) is 4.91. The average molecular weight is 391 g/mol. The molecule has 0 aromatic carbocycles. The summed E-state index contributed by atoms with van der Waals surface area (Å²) >= 11 is 0. The van der Waals surface area contributed by atoms with Crippen LogP contribution in [-0.2, 0) is 0 Å². The van der Waals surface area contributed by atoms with Gasteiger partial charge in [-0.05, 0) is 51.5 Å². The van der Waals surface area contributed by atoms with Crippen molar-refractivity contribution in [3.8, 4) is 11.3 Å². The summed E-state index contributed by atoms with van der Waals surface area (Å²) in [4.78, 5) is 11.5. The molecule has 3 rings (SSSR count). The van der Waals surface area contributed by atoms with Crippen LogP contribution < -0.4 is 10.2 Å². The van der Waals surface area contributed by atoms with Crippen LogP contribution in [0.5, 0.6) is 0 Å². The van der Waals surface area contributed by atoms with Crippen LogP contribution in [-0.4, -0.2) is 40.4 Å². The summed E-state index contributed by atoms with van der Waals surface area (Å²) in [5.74, 6) is 0.888. The van der Waals surface area contributed by atoms with E-state index in [-0.39, 0.29) is 6.04 Å². The molecule has 0 spiro atoms. The highest BCUT2D eigenvalue weighted by molar-refractivity contribution is 5.93. The molecule has 3 heterocycles. The fourth-order valence-electron chi connectivity index (χ4n) is 3.37. The van der Waals surface area contributed by atoms with Gasteiger partial charge in [-0.15, -0.1) is 0 Å². The van der Waals surface area contributed by atoms with Crippen molar-refractivity contribution in [3.05, 3.63) is 54.4 Å². The number of fused-ring (bicyclic) bond motifs is 1. The van der Waals surface area contributed by atoms with Gasteiger partial charge in [-0.3, -0.25) is 4.68 Å². The molecular formula is C23H30N6. The molecule has 0 aliphatic rings. The summed E-state index contributed by atoms with van der Waals surface area (Å²) in [6.07, 6.45) is 5.75. The van der Waals surface area contributed by atoms with Crippen LogP contribution in [0.25, 0.3) is 22.3 Å². The first-order chi connectivity index (χ1) is 13.9. The summed E-state index contributed by atoms with van der Waals surface area (Å²) < 4.78 is 2.04. The molecule has 1 N–H and O–H groups in total. The number of hydrogen-bond donors (Lipinski definition) is 1. The maximum Gasteiger partial charge on any atom is 0.137 e. The van der Waals surface area contributed by atoms with E-state index >= 15 is 0 Å². The first kappa shape index (κ1) is 20.6.